The van der Waals surface area contributed by atoms with Crippen molar-refractivity contribution in [2.45, 2.75) is 0 Å². The van der Waals surface area contributed by atoms with Crippen LogP contribution in [-0.2, 0) is 4.79 Å². The van der Waals surface area contributed by atoms with Gasteiger partial charge in [0.1, 0.15) is 6.54 Å². The molecule has 1 aliphatic rings. The molecule has 1 fully saturated rings. The van der Waals surface area contributed by atoms with E-state index in [2.05, 4.69) is 0 Å². The number of carbonyl (C=O) groups excluding carboxylic acids is 2. The van der Waals surface area contributed by atoms with E-state index in [0.29, 0.717) is 8.61 Å². The normalized spacial score (nSPS) is 20.1. The highest BCUT2D eigenvalue weighted by molar-refractivity contribution is 8.65. The minimum Gasteiger partial charge on any atom is -0.271 e. The van der Waals surface area contributed by atoms with E-state index in [4.69, 9.17) is 42.7 Å². The van der Waals surface area contributed by atoms with Crippen molar-refractivity contribution in [3.63, 3.8) is 0 Å². The average molecular weight is 370 g/mol. The molecule has 0 aromatic carbocycles. The van der Waals surface area contributed by atoms with Crippen LogP contribution in [0.15, 0.2) is 0 Å². The molecule has 1 rings (SSSR count). The van der Waals surface area contributed by atoms with Crippen LogP contribution >= 0.6 is 60.0 Å². The standard InChI is InChI=1S/C5H6Cl4F2N2O2S2/c6-16(7,2-10)12-1-4(14)13(5(12)15)17(8,9)3-11/h1-3H2. The molecule has 1 saturated heterocycles. The number of imide groups is 1. The van der Waals surface area contributed by atoms with E-state index in [-0.39, 0.29) is 0 Å². The third kappa shape index (κ3) is 2.98. The van der Waals surface area contributed by atoms with Crippen molar-refractivity contribution in [3.8, 4) is 0 Å². The Morgan fingerprint density at radius 3 is 1.94 bits per heavy atom. The molecule has 0 atom stereocenters. The molecule has 0 unspecified atom stereocenters. The van der Waals surface area contributed by atoms with E-state index in [1.165, 1.54) is 0 Å². The van der Waals surface area contributed by atoms with Crippen molar-refractivity contribution in [2.24, 2.45) is 0 Å². The summed E-state index contributed by atoms with van der Waals surface area (Å²) in [6.07, 6.45) is 0. The van der Waals surface area contributed by atoms with Crippen LogP contribution in [0.4, 0.5) is 13.6 Å². The zero-order valence-corrected chi connectivity index (χ0v) is 12.6. The van der Waals surface area contributed by atoms with Crippen LogP contribution in [0.25, 0.3) is 0 Å². The Morgan fingerprint density at radius 2 is 1.53 bits per heavy atom. The second kappa shape index (κ2) is 5.34. The number of carbonyl (C=O) groups is 2. The van der Waals surface area contributed by atoms with Crippen molar-refractivity contribution in [1.29, 1.82) is 0 Å². The van der Waals surface area contributed by atoms with Gasteiger partial charge in [-0.3, -0.25) is 4.79 Å². The van der Waals surface area contributed by atoms with Gasteiger partial charge in [0.2, 0.25) is 0 Å². The molecule has 4 nitrogen and oxygen atoms in total. The first-order chi connectivity index (χ1) is 7.67. The second-order valence-electron chi connectivity index (χ2n) is 2.81. The minimum atomic E-state index is -3.25. The predicted octanol–water partition coefficient (Wildman–Crippen LogP) is 4.16. The third-order valence-corrected chi connectivity index (χ3v) is 6.91. The van der Waals surface area contributed by atoms with E-state index in [9.17, 15) is 18.4 Å². The SMILES string of the molecule is O=C1CN(S(Cl)(Cl)CF)C(=O)N1S(Cl)(Cl)CF. The molecule has 12 heteroatoms. The first-order valence-electron chi connectivity index (χ1n) is 3.84. The van der Waals surface area contributed by atoms with Gasteiger partial charge in [0.15, 0.2) is 12.0 Å². The van der Waals surface area contributed by atoms with Crippen LogP contribution in [-0.4, -0.2) is 39.1 Å². The summed E-state index contributed by atoms with van der Waals surface area (Å²) in [7, 11) is 15.9. The number of nitrogens with zero attached hydrogens (tertiary/aromatic N) is 2. The van der Waals surface area contributed by atoms with Crippen LogP contribution in [0.3, 0.4) is 0 Å². The lowest BCUT2D eigenvalue weighted by Gasteiger charge is -2.33. The van der Waals surface area contributed by atoms with E-state index < -0.39 is 47.8 Å². The lowest BCUT2D eigenvalue weighted by Crippen LogP contribution is -2.32. The Kier molecular flexibility index (Phi) is 4.94. The maximum Gasteiger partial charge on any atom is 0.348 e. The fourth-order valence-electron chi connectivity index (χ4n) is 1.04. The molecule has 17 heavy (non-hydrogen) atoms. The molecule has 102 valence electrons. The second-order valence-corrected chi connectivity index (χ2v) is 13.3. The smallest absolute Gasteiger partial charge is 0.271 e. The molecule has 1 heterocycles. The summed E-state index contributed by atoms with van der Waals surface area (Å²) in [6.45, 7) is -0.570. The first-order valence-corrected chi connectivity index (χ1v) is 10.7. The summed E-state index contributed by atoms with van der Waals surface area (Å²) in [5.41, 5.74) is 0. The van der Waals surface area contributed by atoms with Crippen molar-refractivity contribution in [2.75, 3.05) is 18.6 Å². The van der Waals surface area contributed by atoms with E-state index in [0.717, 1.165) is 0 Å². The molecule has 0 spiro atoms. The molecular weight excluding hydrogens is 364 g/mol. The van der Waals surface area contributed by atoms with Crippen LogP contribution < -0.4 is 0 Å². The fraction of sp³-hybridized carbons (Fsp3) is 0.600. The summed E-state index contributed by atoms with van der Waals surface area (Å²) >= 11 is 0. The Balaban J connectivity index is 3.02. The van der Waals surface area contributed by atoms with Crippen molar-refractivity contribution in [3.05, 3.63) is 0 Å². The highest BCUT2D eigenvalue weighted by atomic mass is 36.0. The molecule has 0 aromatic heterocycles. The maximum atomic E-state index is 12.6. The molecule has 0 radical (unpaired) electrons. The van der Waals surface area contributed by atoms with Crippen LogP contribution in [0.2, 0.25) is 0 Å². The van der Waals surface area contributed by atoms with E-state index >= 15 is 0 Å². The Labute approximate surface area is 117 Å². The number of urea groups is 1. The summed E-state index contributed by atoms with van der Waals surface area (Å²) in [5.74, 6) is -0.862. The topological polar surface area (TPSA) is 40.6 Å². The summed E-state index contributed by atoms with van der Waals surface area (Å²) in [5, 5.41) is 0. The van der Waals surface area contributed by atoms with E-state index in [1.807, 2.05) is 0 Å². The number of hydrogen-bond acceptors (Lipinski definition) is 2. The van der Waals surface area contributed by atoms with Gasteiger partial charge in [-0.05, 0) is 42.7 Å². The number of halogens is 6. The molecule has 0 saturated carbocycles. The number of rotatable bonds is 4. The first kappa shape index (κ1) is 15.7. The third-order valence-electron chi connectivity index (χ3n) is 1.74. The predicted molar refractivity (Wildman–Crippen MR) is 69.5 cm³/mol. The van der Waals surface area contributed by atoms with Crippen LogP contribution in [0.5, 0.6) is 0 Å². The zero-order chi connectivity index (χ0) is 13.4. The minimum absolute atomic E-state index is 0.346. The summed E-state index contributed by atoms with van der Waals surface area (Å²) in [6, 6.07) is -3.58. The monoisotopic (exact) mass is 368 g/mol. The zero-order valence-electron chi connectivity index (χ0n) is 7.92. The van der Waals surface area contributed by atoms with Gasteiger partial charge in [-0.1, -0.05) is 0 Å². The molecular formula is C5H6Cl4F2N2O2S2. The van der Waals surface area contributed by atoms with Crippen LogP contribution in [0, 0.1) is 0 Å². The van der Waals surface area contributed by atoms with Gasteiger partial charge < -0.3 is 0 Å². The maximum absolute atomic E-state index is 12.6. The lowest BCUT2D eigenvalue weighted by molar-refractivity contribution is -0.121. The number of amides is 3. The van der Waals surface area contributed by atoms with Crippen molar-refractivity contribution >= 4 is 72.0 Å². The quantitative estimate of drug-likeness (QED) is 0.698. The Morgan fingerprint density at radius 1 is 1.06 bits per heavy atom. The van der Waals surface area contributed by atoms with Gasteiger partial charge in [0.25, 0.3) is 5.91 Å². The van der Waals surface area contributed by atoms with Crippen LogP contribution in [0.1, 0.15) is 0 Å². The van der Waals surface area contributed by atoms with Crippen molar-refractivity contribution < 1.29 is 18.4 Å². The molecule has 0 aromatic rings. The van der Waals surface area contributed by atoms with Crippen molar-refractivity contribution in [1.82, 2.24) is 8.61 Å². The fourth-order valence-corrected chi connectivity index (χ4v) is 4.06. The average Bonchev–Trinajstić information content (AvgIpc) is 2.55. The van der Waals surface area contributed by atoms with Gasteiger partial charge in [0, 0.05) is 17.3 Å². The molecule has 1 aliphatic heterocycles. The van der Waals surface area contributed by atoms with Gasteiger partial charge in [-0.25, -0.2) is 17.9 Å². The highest BCUT2D eigenvalue weighted by Gasteiger charge is 2.50. The lowest BCUT2D eigenvalue weighted by atomic mass is 10.7. The highest BCUT2D eigenvalue weighted by Crippen LogP contribution is 2.67. The molecule has 3 amide bonds. The molecule has 0 aliphatic carbocycles. The summed E-state index contributed by atoms with van der Waals surface area (Å²) in [4.78, 5) is 23.2. The van der Waals surface area contributed by atoms with Gasteiger partial charge in [-0.2, -0.15) is 4.31 Å². The van der Waals surface area contributed by atoms with Gasteiger partial charge >= 0.3 is 6.03 Å². The number of hydrogen-bond donors (Lipinski definition) is 0. The van der Waals surface area contributed by atoms with Gasteiger partial charge in [0.05, 0.1) is 0 Å². The Bertz CT molecular complexity index is 359. The van der Waals surface area contributed by atoms with E-state index in [1.54, 1.807) is 0 Å². The molecule has 0 bridgehead atoms. The molecule has 0 N–H and O–H groups in total. The van der Waals surface area contributed by atoms with Gasteiger partial charge in [-0.15, -0.1) is 0 Å². The number of alkyl halides is 2. The largest absolute Gasteiger partial charge is 0.348 e. The summed E-state index contributed by atoms with van der Waals surface area (Å²) < 4.78 is 26.1. The Hall–Kier alpha value is 0.660.